The third kappa shape index (κ3) is 4.25. The average Bonchev–Trinajstić information content (AvgIpc) is 2.43. The smallest absolute Gasteiger partial charge is 0.239 e. The highest BCUT2D eigenvalue weighted by molar-refractivity contribution is 5.82. The number of nitrogens with zero attached hydrogens (tertiary/aromatic N) is 1. The maximum atomic E-state index is 12.4. The van der Waals surface area contributed by atoms with E-state index in [-0.39, 0.29) is 11.8 Å². The van der Waals surface area contributed by atoms with Gasteiger partial charge >= 0.3 is 0 Å². The maximum Gasteiger partial charge on any atom is 0.239 e. The Balaban J connectivity index is 2.53. The van der Waals surface area contributed by atoms with Gasteiger partial charge in [-0.05, 0) is 25.7 Å². The molecule has 1 saturated heterocycles. The maximum absolute atomic E-state index is 12.4. The first-order chi connectivity index (χ1) is 8.60. The molecule has 1 aliphatic rings. The van der Waals surface area contributed by atoms with Gasteiger partial charge in [-0.3, -0.25) is 4.79 Å². The van der Waals surface area contributed by atoms with Crippen molar-refractivity contribution >= 4 is 5.91 Å². The van der Waals surface area contributed by atoms with Crippen LogP contribution in [-0.4, -0.2) is 43.2 Å². The number of amides is 1. The lowest BCUT2D eigenvalue weighted by Gasteiger charge is -2.32. The van der Waals surface area contributed by atoms with Crippen molar-refractivity contribution in [2.24, 2.45) is 17.6 Å². The SMILES string of the molecule is CCC(C)CN(CC)C(=O)C(N)C1CCCOC1. The summed E-state index contributed by atoms with van der Waals surface area (Å²) in [5, 5.41) is 0. The number of hydrogen-bond acceptors (Lipinski definition) is 3. The summed E-state index contributed by atoms with van der Waals surface area (Å²) in [6.45, 7) is 9.33. The van der Waals surface area contributed by atoms with E-state index in [0.29, 0.717) is 12.5 Å². The fraction of sp³-hybridized carbons (Fsp3) is 0.929. The van der Waals surface area contributed by atoms with Crippen molar-refractivity contribution in [2.75, 3.05) is 26.3 Å². The first-order valence-corrected chi connectivity index (χ1v) is 7.22. The van der Waals surface area contributed by atoms with Crippen LogP contribution < -0.4 is 5.73 Å². The molecule has 1 amide bonds. The predicted molar refractivity (Wildman–Crippen MR) is 73.2 cm³/mol. The van der Waals surface area contributed by atoms with E-state index in [0.717, 1.165) is 39.0 Å². The molecule has 3 unspecified atom stereocenters. The van der Waals surface area contributed by atoms with Crippen LogP contribution in [0.5, 0.6) is 0 Å². The second-order valence-electron chi connectivity index (χ2n) is 5.39. The van der Waals surface area contributed by atoms with Crippen LogP contribution in [0, 0.1) is 11.8 Å². The highest BCUT2D eigenvalue weighted by atomic mass is 16.5. The van der Waals surface area contributed by atoms with Crippen molar-refractivity contribution in [3.05, 3.63) is 0 Å². The van der Waals surface area contributed by atoms with Crippen molar-refractivity contribution in [2.45, 2.75) is 46.1 Å². The predicted octanol–water partition coefficient (Wildman–Crippen LogP) is 1.63. The summed E-state index contributed by atoms with van der Waals surface area (Å²) in [7, 11) is 0. The molecule has 1 heterocycles. The Labute approximate surface area is 111 Å². The molecule has 1 aliphatic heterocycles. The van der Waals surface area contributed by atoms with E-state index in [1.54, 1.807) is 0 Å². The molecule has 2 N–H and O–H groups in total. The van der Waals surface area contributed by atoms with Gasteiger partial charge < -0.3 is 15.4 Å². The Morgan fingerprint density at radius 1 is 1.50 bits per heavy atom. The number of carbonyl (C=O) groups excluding carboxylic acids is 1. The highest BCUT2D eigenvalue weighted by Gasteiger charge is 2.29. The lowest BCUT2D eigenvalue weighted by Crippen LogP contribution is -2.50. The average molecular weight is 256 g/mol. The minimum Gasteiger partial charge on any atom is -0.381 e. The summed E-state index contributed by atoms with van der Waals surface area (Å²) in [4.78, 5) is 14.3. The molecule has 0 aliphatic carbocycles. The normalized spacial score (nSPS) is 23.4. The molecule has 18 heavy (non-hydrogen) atoms. The molecule has 106 valence electrons. The standard InChI is InChI=1S/C14H28N2O2/c1-4-11(3)9-16(5-2)14(17)13(15)12-7-6-8-18-10-12/h11-13H,4-10,15H2,1-3H3. The minimum atomic E-state index is -0.394. The van der Waals surface area contributed by atoms with Crippen LogP contribution in [0.4, 0.5) is 0 Å². The lowest BCUT2D eigenvalue weighted by molar-refractivity contribution is -0.135. The first-order valence-electron chi connectivity index (χ1n) is 7.22. The summed E-state index contributed by atoms with van der Waals surface area (Å²) in [6.07, 6.45) is 3.11. The van der Waals surface area contributed by atoms with E-state index in [1.807, 2.05) is 11.8 Å². The molecule has 0 saturated carbocycles. The molecule has 0 radical (unpaired) electrons. The second-order valence-corrected chi connectivity index (χ2v) is 5.39. The quantitative estimate of drug-likeness (QED) is 0.786. The number of nitrogens with two attached hydrogens (primary N) is 1. The van der Waals surface area contributed by atoms with Crippen LogP contribution in [0.15, 0.2) is 0 Å². The summed E-state index contributed by atoms with van der Waals surface area (Å²) in [5.74, 6) is 0.814. The summed E-state index contributed by atoms with van der Waals surface area (Å²) in [6, 6.07) is -0.394. The van der Waals surface area contributed by atoms with Gasteiger partial charge in [-0.15, -0.1) is 0 Å². The molecule has 4 nitrogen and oxygen atoms in total. The van der Waals surface area contributed by atoms with E-state index in [9.17, 15) is 4.79 Å². The largest absolute Gasteiger partial charge is 0.381 e. The van der Waals surface area contributed by atoms with Crippen LogP contribution in [0.1, 0.15) is 40.0 Å². The monoisotopic (exact) mass is 256 g/mol. The lowest BCUT2D eigenvalue weighted by atomic mass is 9.93. The number of carbonyl (C=O) groups is 1. The Kier molecular flexibility index (Phi) is 6.65. The van der Waals surface area contributed by atoms with E-state index >= 15 is 0 Å². The molecule has 0 aromatic heterocycles. The molecule has 3 atom stereocenters. The Morgan fingerprint density at radius 2 is 2.22 bits per heavy atom. The van der Waals surface area contributed by atoms with E-state index < -0.39 is 6.04 Å². The van der Waals surface area contributed by atoms with Crippen molar-refractivity contribution in [3.8, 4) is 0 Å². The molecule has 0 spiro atoms. The molecular weight excluding hydrogens is 228 g/mol. The minimum absolute atomic E-state index is 0.0910. The summed E-state index contributed by atoms with van der Waals surface area (Å²) >= 11 is 0. The summed E-state index contributed by atoms with van der Waals surface area (Å²) < 4.78 is 5.42. The van der Waals surface area contributed by atoms with Crippen molar-refractivity contribution in [3.63, 3.8) is 0 Å². The first kappa shape index (κ1) is 15.4. The zero-order chi connectivity index (χ0) is 13.5. The Hall–Kier alpha value is -0.610. The van der Waals surface area contributed by atoms with Crippen LogP contribution >= 0.6 is 0 Å². The van der Waals surface area contributed by atoms with Gasteiger partial charge in [-0.1, -0.05) is 20.3 Å². The van der Waals surface area contributed by atoms with Crippen LogP contribution in [0.3, 0.4) is 0 Å². The zero-order valence-electron chi connectivity index (χ0n) is 12.0. The van der Waals surface area contributed by atoms with Gasteiger partial charge in [0.05, 0.1) is 12.6 Å². The number of likely N-dealkylation sites (N-methyl/N-ethyl adjacent to an activating group) is 1. The second kappa shape index (κ2) is 7.74. The third-order valence-electron chi connectivity index (χ3n) is 3.91. The Bertz CT molecular complexity index is 248. The van der Waals surface area contributed by atoms with Crippen molar-refractivity contribution in [1.82, 2.24) is 4.90 Å². The van der Waals surface area contributed by atoms with Gasteiger partial charge in [-0.25, -0.2) is 0 Å². The zero-order valence-corrected chi connectivity index (χ0v) is 12.0. The molecular formula is C14H28N2O2. The molecule has 1 fully saturated rings. The number of ether oxygens (including phenoxy) is 1. The van der Waals surface area contributed by atoms with Gasteiger partial charge in [0.2, 0.25) is 5.91 Å². The van der Waals surface area contributed by atoms with Gasteiger partial charge in [0.25, 0.3) is 0 Å². The van der Waals surface area contributed by atoms with Gasteiger partial charge in [0.1, 0.15) is 0 Å². The van der Waals surface area contributed by atoms with E-state index in [2.05, 4.69) is 13.8 Å². The highest BCUT2D eigenvalue weighted by Crippen LogP contribution is 2.18. The van der Waals surface area contributed by atoms with Gasteiger partial charge in [-0.2, -0.15) is 0 Å². The van der Waals surface area contributed by atoms with Crippen LogP contribution in [-0.2, 0) is 9.53 Å². The van der Waals surface area contributed by atoms with Crippen molar-refractivity contribution < 1.29 is 9.53 Å². The molecule has 0 bridgehead atoms. The topological polar surface area (TPSA) is 55.6 Å². The fourth-order valence-electron chi connectivity index (χ4n) is 2.34. The molecule has 0 aromatic carbocycles. The molecule has 4 heteroatoms. The van der Waals surface area contributed by atoms with E-state index in [4.69, 9.17) is 10.5 Å². The fourth-order valence-corrected chi connectivity index (χ4v) is 2.34. The van der Waals surface area contributed by atoms with Crippen molar-refractivity contribution in [1.29, 1.82) is 0 Å². The van der Waals surface area contributed by atoms with Gasteiger partial charge in [0, 0.05) is 25.6 Å². The molecule has 0 aromatic rings. The van der Waals surface area contributed by atoms with Gasteiger partial charge in [0.15, 0.2) is 0 Å². The number of hydrogen-bond donors (Lipinski definition) is 1. The Morgan fingerprint density at radius 3 is 2.72 bits per heavy atom. The van der Waals surface area contributed by atoms with Crippen LogP contribution in [0.2, 0.25) is 0 Å². The van der Waals surface area contributed by atoms with Crippen LogP contribution in [0.25, 0.3) is 0 Å². The number of rotatable bonds is 6. The third-order valence-corrected chi connectivity index (χ3v) is 3.91. The molecule has 1 rings (SSSR count). The summed E-state index contributed by atoms with van der Waals surface area (Å²) in [5.41, 5.74) is 6.11. The van der Waals surface area contributed by atoms with E-state index in [1.165, 1.54) is 0 Å².